The second kappa shape index (κ2) is 6.51. The first-order valence-corrected chi connectivity index (χ1v) is 6.36. The summed E-state index contributed by atoms with van der Waals surface area (Å²) in [4.78, 5) is 33.5. The Kier molecular flexibility index (Phi) is 4.50. The van der Waals surface area contributed by atoms with E-state index in [4.69, 9.17) is 5.11 Å². The van der Waals surface area contributed by atoms with Crippen molar-refractivity contribution in [2.45, 2.75) is 12.8 Å². The Morgan fingerprint density at radius 3 is 2.33 bits per heavy atom. The maximum absolute atomic E-state index is 11.9. The Morgan fingerprint density at radius 2 is 1.62 bits per heavy atom. The molecule has 21 heavy (non-hydrogen) atoms. The van der Waals surface area contributed by atoms with Gasteiger partial charge in [0.1, 0.15) is 0 Å². The standard InChI is InChI=1S/C15H14N2O4/c18-13(7-8-14(19)20)16-17-15(21)12-6-5-10-3-1-2-4-11(10)9-12/h1-6,9H,7-8H2,(H,16,18)(H,17,21)(H,19,20). The predicted molar refractivity (Wildman–Crippen MR) is 76.4 cm³/mol. The lowest BCUT2D eigenvalue weighted by Crippen LogP contribution is -2.41. The van der Waals surface area contributed by atoms with Crippen LogP contribution in [-0.2, 0) is 9.59 Å². The van der Waals surface area contributed by atoms with Crippen LogP contribution in [0.1, 0.15) is 23.2 Å². The van der Waals surface area contributed by atoms with Crippen molar-refractivity contribution in [2.24, 2.45) is 0 Å². The number of carbonyl (C=O) groups excluding carboxylic acids is 2. The van der Waals surface area contributed by atoms with Crippen molar-refractivity contribution in [3.05, 3.63) is 48.0 Å². The lowest BCUT2D eigenvalue weighted by atomic mass is 10.1. The number of amides is 2. The van der Waals surface area contributed by atoms with Crippen LogP contribution < -0.4 is 10.9 Å². The summed E-state index contributed by atoms with van der Waals surface area (Å²) < 4.78 is 0. The molecule has 0 aliphatic carbocycles. The van der Waals surface area contributed by atoms with Gasteiger partial charge in [-0.1, -0.05) is 30.3 Å². The van der Waals surface area contributed by atoms with Gasteiger partial charge in [-0.25, -0.2) is 0 Å². The van der Waals surface area contributed by atoms with Crippen molar-refractivity contribution in [3.8, 4) is 0 Å². The molecule has 0 unspecified atom stereocenters. The van der Waals surface area contributed by atoms with E-state index in [-0.39, 0.29) is 12.8 Å². The van der Waals surface area contributed by atoms with E-state index in [1.54, 1.807) is 12.1 Å². The third-order valence-corrected chi connectivity index (χ3v) is 2.89. The minimum atomic E-state index is -1.06. The lowest BCUT2D eigenvalue weighted by Gasteiger charge is -2.07. The van der Waals surface area contributed by atoms with Crippen LogP contribution in [0, 0.1) is 0 Å². The molecule has 0 aliphatic heterocycles. The molecule has 0 aromatic heterocycles. The van der Waals surface area contributed by atoms with E-state index in [1.165, 1.54) is 0 Å². The number of benzene rings is 2. The largest absolute Gasteiger partial charge is 0.481 e. The molecule has 2 aromatic carbocycles. The average molecular weight is 286 g/mol. The van der Waals surface area contributed by atoms with Gasteiger partial charge >= 0.3 is 5.97 Å². The summed E-state index contributed by atoms with van der Waals surface area (Å²) >= 11 is 0. The number of carbonyl (C=O) groups is 3. The fraction of sp³-hybridized carbons (Fsp3) is 0.133. The highest BCUT2D eigenvalue weighted by Gasteiger charge is 2.09. The quantitative estimate of drug-likeness (QED) is 0.741. The predicted octanol–water partition coefficient (Wildman–Crippen LogP) is 1.47. The molecular weight excluding hydrogens is 272 g/mol. The SMILES string of the molecule is O=C(O)CCC(=O)NNC(=O)c1ccc2ccccc2c1. The Hall–Kier alpha value is -2.89. The molecule has 0 fully saturated rings. The van der Waals surface area contributed by atoms with Crippen LogP contribution in [0.5, 0.6) is 0 Å². The molecule has 0 saturated carbocycles. The highest BCUT2D eigenvalue weighted by Crippen LogP contribution is 2.15. The molecular formula is C15H14N2O4. The summed E-state index contributed by atoms with van der Waals surface area (Å²) in [7, 11) is 0. The molecule has 6 nitrogen and oxygen atoms in total. The molecule has 108 valence electrons. The number of carboxylic acids is 1. The zero-order valence-electron chi connectivity index (χ0n) is 11.1. The van der Waals surface area contributed by atoms with Crippen LogP contribution in [0.25, 0.3) is 10.8 Å². The minimum Gasteiger partial charge on any atom is -0.481 e. The summed E-state index contributed by atoms with van der Waals surface area (Å²) in [6.45, 7) is 0. The molecule has 0 bridgehead atoms. The Balaban J connectivity index is 1.95. The number of rotatable bonds is 4. The van der Waals surface area contributed by atoms with Gasteiger partial charge in [-0.3, -0.25) is 25.2 Å². The van der Waals surface area contributed by atoms with Gasteiger partial charge in [0.15, 0.2) is 0 Å². The molecule has 0 atom stereocenters. The summed E-state index contributed by atoms with van der Waals surface area (Å²) in [6.07, 6.45) is -0.467. The van der Waals surface area contributed by atoms with Crippen molar-refractivity contribution >= 4 is 28.6 Å². The number of hydrogen-bond donors (Lipinski definition) is 3. The van der Waals surface area contributed by atoms with Crippen molar-refractivity contribution in [3.63, 3.8) is 0 Å². The first-order chi connectivity index (χ1) is 10.1. The zero-order valence-corrected chi connectivity index (χ0v) is 11.1. The third-order valence-electron chi connectivity index (χ3n) is 2.89. The first-order valence-electron chi connectivity index (χ1n) is 6.36. The monoisotopic (exact) mass is 286 g/mol. The normalized spacial score (nSPS) is 10.1. The number of hydrogen-bond acceptors (Lipinski definition) is 3. The number of aliphatic carboxylic acids is 1. The summed E-state index contributed by atoms with van der Waals surface area (Å²) in [5, 5.41) is 10.4. The number of carboxylic acid groups (broad SMARTS) is 1. The molecule has 2 aromatic rings. The van der Waals surface area contributed by atoms with Gasteiger partial charge in [-0.05, 0) is 22.9 Å². The van der Waals surface area contributed by atoms with Crippen LogP contribution in [0.2, 0.25) is 0 Å². The molecule has 0 radical (unpaired) electrons. The second-order valence-electron chi connectivity index (χ2n) is 4.46. The topological polar surface area (TPSA) is 95.5 Å². The first kappa shape index (κ1) is 14.5. The van der Waals surface area contributed by atoms with Gasteiger partial charge < -0.3 is 5.11 Å². The number of fused-ring (bicyclic) bond motifs is 1. The van der Waals surface area contributed by atoms with Gasteiger partial charge in [-0.15, -0.1) is 0 Å². The van der Waals surface area contributed by atoms with E-state index in [0.717, 1.165) is 10.8 Å². The fourth-order valence-corrected chi connectivity index (χ4v) is 1.81. The fourth-order valence-electron chi connectivity index (χ4n) is 1.81. The number of hydrazine groups is 1. The Bertz CT molecular complexity index is 697. The molecule has 0 heterocycles. The van der Waals surface area contributed by atoms with Gasteiger partial charge in [0, 0.05) is 12.0 Å². The molecule has 6 heteroatoms. The zero-order chi connectivity index (χ0) is 15.2. The van der Waals surface area contributed by atoms with Crippen LogP contribution >= 0.6 is 0 Å². The van der Waals surface area contributed by atoms with Crippen LogP contribution in [0.4, 0.5) is 0 Å². The van der Waals surface area contributed by atoms with E-state index < -0.39 is 17.8 Å². The minimum absolute atomic E-state index is 0.187. The molecule has 0 aliphatic rings. The van der Waals surface area contributed by atoms with Crippen LogP contribution in [0.15, 0.2) is 42.5 Å². The molecule has 3 N–H and O–H groups in total. The second-order valence-corrected chi connectivity index (χ2v) is 4.46. The lowest BCUT2D eigenvalue weighted by molar-refractivity contribution is -0.138. The Labute approximate surface area is 120 Å². The molecule has 2 rings (SSSR count). The average Bonchev–Trinajstić information content (AvgIpc) is 2.50. The maximum Gasteiger partial charge on any atom is 0.303 e. The molecule has 2 amide bonds. The van der Waals surface area contributed by atoms with E-state index in [9.17, 15) is 14.4 Å². The smallest absolute Gasteiger partial charge is 0.303 e. The van der Waals surface area contributed by atoms with E-state index >= 15 is 0 Å². The molecule has 0 spiro atoms. The van der Waals surface area contributed by atoms with E-state index in [0.29, 0.717) is 5.56 Å². The van der Waals surface area contributed by atoms with Gasteiger partial charge in [0.2, 0.25) is 5.91 Å². The summed E-state index contributed by atoms with van der Waals surface area (Å²) in [5.41, 5.74) is 4.85. The maximum atomic E-state index is 11.9. The van der Waals surface area contributed by atoms with Gasteiger partial charge in [0.25, 0.3) is 5.91 Å². The number of nitrogens with one attached hydrogen (secondary N) is 2. The van der Waals surface area contributed by atoms with E-state index in [1.807, 2.05) is 30.3 Å². The van der Waals surface area contributed by atoms with Gasteiger partial charge in [0.05, 0.1) is 6.42 Å². The van der Waals surface area contributed by atoms with Crippen LogP contribution in [0.3, 0.4) is 0 Å². The summed E-state index contributed by atoms with van der Waals surface area (Å²) in [6, 6.07) is 12.8. The van der Waals surface area contributed by atoms with Crippen molar-refractivity contribution in [1.29, 1.82) is 0 Å². The van der Waals surface area contributed by atoms with Gasteiger partial charge in [-0.2, -0.15) is 0 Å². The van der Waals surface area contributed by atoms with Crippen molar-refractivity contribution in [2.75, 3.05) is 0 Å². The Morgan fingerprint density at radius 1 is 0.905 bits per heavy atom. The van der Waals surface area contributed by atoms with E-state index in [2.05, 4.69) is 10.9 Å². The highest BCUT2D eigenvalue weighted by atomic mass is 16.4. The highest BCUT2D eigenvalue weighted by molar-refractivity contribution is 5.99. The molecule has 0 saturated heterocycles. The van der Waals surface area contributed by atoms with Crippen molar-refractivity contribution in [1.82, 2.24) is 10.9 Å². The van der Waals surface area contributed by atoms with Crippen molar-refractivity contribution < 1.29 is 19.5 Å². The third kappa shape index (κ3) is 4.04. The summed E-state index contributed by atoms with van der Waals surface area (Å²) in [5.74, 6) is -2.07. The van der Waals surface area contributed by atoms with Crippen LogP contribution in [-0.4, -0.2) is 22.9 Å².